The van der Waals surface area contributed by atoms with Crippen LogP contribution in [0, 0.1) is 0 Å². The summed E-state index contributed by atoms with van der Waals surface area (Å²) < 4.78 is 0. The number of benzene rings is 1. The summed E-state index contributed by atoms with van der Waals surface area (Å²) in [5.41, 5.74) is 1.42. The lowest BCUT2D eigenvalue weighted by Gasteiger charge is -2.23. The molecule has 2 N–H and O–H groups in total. The molecule has 5 nitrogen and oxygen atoms in total. The van der Waals surface area contributed by atoms with E-state index in [-0.39, 0.29) is 17.9 Å². The standard InChI is InChI=1S/C15H15N3O2/c19-14-7-6-10(9-17-14)18-15(20)12-3-1-5-13-11(12)4-2-8-16-13/h1-5,8,10H,6-7,9H2,(H,17,19)(H,18,20). The Kier molecular flexibility index (Phi) is 3.33. The van der Waals surface area contributed by atoms with Gasteiger partial charge in [-0.05, 0) is 24.6 Å². The van der Waals surface area contributed by atoms with Gasteiger partial charge in [0.1, 0.15) is 0 Å². The first-order chi connectivity index (χ1) is 9.74. The highest BCUT2D eigenvalue weighted by Gasteiger charge is 2.20. The second-order valence-corrected chi connectivity index (χ2v) is 4.89. The topological polar surface area (TPSA) is 71.1 Å². The normalized spacial score (nSPS) is 18.6. The van der Waals surface area contributed by atoms with Gasteiger partial charge < -0.3 is 10.6 Å². The molecule has 1 aliphatic rings. The maximum Gasteiger partial charge on any atom is 0.252 e. The van der Waals surface area contributed by atoms with Crippen LogP contribution < -0.4 is 10.6 Å². The first-order valence-electron chi connectivity index (χ1n) is 6.65. The average Bonchev–Trinajstić information content (AvgIpc) is 2.49. The average molecular weight is 269 g/mol. The summed E-state index contributed by atoms with van der Waals surface area (Å²) in [6.45, 7) is 0.494. The number of hydrogen-bond donors (Lipinski definition) is 2. The third-order valence-corrected chi connectivity index (χ3v) is 3.49. The van der Waals surface area contributed by atoms with E-state index < -0.39 is 0 Å². The van der Waals surface area contributed by atoms with Crippen molar-refractivity contribution < 1.29 is 9.59 Å². The predicted octanol–water partition coefficient (Wildman–Crippen LogP) is 1.24. The Labute approximate surface area is 116 Å². The van der Waals surface area contributed by atoms with Crippen LogP contribution in [0.25, 0.3) is 10.9 Å². The molecule has 1 atom stereocenters. The molecule has 2 amide bonds. The highest BCUT2D eigenvalue weighted by Crippen LogP contribution is 2.16. The molecule has 5 heteroatoms. The number of carbonyl (C=O) groups excluding carboxylic acids is 2. The molecule has 1 fully saturated rings. The number of aromatic nitrogens is 1. The van der Waals surface area contributed by atoms with Crippen LogP contribution in [0.1, 0.15) is 23.2 Å². The van der Waals surface area contributed by atoms with E-state index >= 15 is 0 Å². The summed E-state index contributed by atoms with van der Waals surface area (Å²) >= 11 is 0. The van der Waals surface area contributed by atoms with Crippen molar-refractivity contribution in [3.63, 3.8) is 0 Å². The van der Waals surface area contributed by atoms with Crippen LogP contribution in [0.2, 0.25) is 0 Å². The lowest BCUT2D eigenvalue weighted by Crippen LogP contribution is -2.47. The molecular weight excluding hydrogens is 254 g/mol. The van der Waals surface area contributed by atoms with Crippen molar-refractivity contribution in [2.45, 2.75) is 18.9 Å². The molecule has 1 aromatic carbocycles. The minimum atomic E-state index is -0.121. The molecule has 20 heavy (non-hydrogen) atoms. The van der Waals surface area contributed by atoms with Crippen molar-refractivity contribution in [2.75, 3.05) is 6.54 Å². The number of amides is 2. The van der Waals surface area contributed by atoms with Crippen LogP contribution >= 0.6 is 0 Å². The summed E-state index contributed by atoms with van der Waals surface area (Å²) in [6, 6.07) is 9.20. The van der Waals surface area contributed by atoms with E-state index in [4.69, 9.17) is 0 Å². The number of nitrogens with one attached hydrogen (secondary N) is 2. The summed E-state index contributed by atoms with van der Waals surface area (Å²) in [5.74, 6) is -0.0744. The Morgan fingerprint density at radius 3 is 3.00 bits per heavy atom. The van der Waals surface area contributed by atoms with Crippen molar-refractivity contribution in [3.05, 3.63) is 42.1 Å². The van der Waals surface area contributed by atoms with E-state index in [9.17, 15) is 9.59 Å². The van der Waals surface area contributed by atoms with Crippen LogP contribution in [0.5, 0.6) is 0 Å². The first kappa shape index (κ1) is 12.6. The van der Waals surface area contributed by atoms with Gasteiger partial charge in [0.05, 0.1) is 5.52 Å². The van der Waals surface area contributed by atoms with Crippen LogP contribution in [-0.4, -0.2) is 29.4 Å². The lowest BCUT2D eigenvalue weighted by molar-refractivity contribution is -0.122. The summed E-state index contributed by atoms with van der Waals surface area (Å²) in [5, 5.41) is 6.57. The van der Waals surface area contributed by atoms with Gasteiger partial charge in [-0.15, -0.1) is 0 Å². The molecule has 0 aliphatic carbocycles. The summed E-state index contributed by atoms with van der Waals surface area (Å²) in [6.07, 6.45) is 2.85. The molecule has 0 saturated carbocycles. The van der Waals surface area contributed by atoms with Gasteiger partial charge in [0, 0.05) is 36.2 Å². The van der Waals surface area contributed by atoms with E-state index in [1.807, 2.05) is 24.3 Å². The largest absolute Gasteiger partial charge is 0.354 e. The Balaban J connectivity index is 1.80. The van der Waals surface area contributed by atoms with Crippen LogP contribution in [0.15, 0.2) is 36.5 Å². The zero-order valence-electron chi connectivity index (χ0n) is 10.9. The quantitative estimate of drug-likeness (QED) is 0.861. The van der Waals surface area contributed by atoms with Crippen LogP contribution in [-0.2, 0) is 4.79 Å². The number of nitrogens with zero attached hydrogens (tertiary/aromatic N) is 1. The van der Waals surface area contributed by atoms with E-state index in [1.165, 1.54) is 0 Å². The SMILES string of the molecule is O=C1CCC(NC(=O)c2cccc3ncccc23)CN1. The Morgan fingerprint density at radius 2 is 2.20 bits per heavy atom. The lowest BCUT2D eigenvalue weighted by atomic mass is 10.0. The molecule has 0 radical (unpaired) electrons. The number of piperidine rings is 1. The zero-order chi connectivity index (χ0) is 13.9. The molecule has 1 aromatic heterocycles. The van der Waals surface area contributed by atoms with E-state index in [0.29, 0.717) is 24.9 Å². The second-order valence-electron chi connectivity index (χ2n) is 4.89. The number of fused-ring (bicyclic) bond motifs is 1. The molecule has 0 spiro atoms. The number of rotatable bonds is 2. The maximum absolute atomic E-state index is 12.4. The van der Waals surface area contributed by atoms with Gasteiger partial charge in [-0.25, -0.2) is 0 Å². The third kappa shape index (κ3) is 2.47. The van der Waals surface area contributed by atoms with Crippen molar-refractivity contribution >= 4 is 22.7 Å². The maximum atomic E-state index is 12.4. The van der Waals surface area contributed by atoms with Crippen molar-refractivity contribution in [2.24, 2.45) is 0 Å². The van der Waals surface area contributed by atoms with Crippen molar-refractivity contribution in [1.29, 1.82) is 0 Å². The summed E-state index contributed by atoms with van der Waals surface area (Å²) in [4.78, 5) is 27.7. The molecule has 3 rings (SSSR count). The Morgan fingerprint density at radius 1 is 1.30 bits per heavy atom. The first-order valence-corrected chi connectivity index (χ1v) is 6.65. The van der Waals surface area contributed by atoms with Crippen LogP contribution in [0.4, 0.5) is 0 Å². The van der Waals surface area contributed by atoms with Gasteiger partial charge in [0.15, 0.2) is 0 Å². The van der Waals surface area contributed by atoms with Crippen LogP contribution in [0.3, 0.4) is 0 Å². The number of carbonyl (C=O) groups is 2. The smallest absolute Gasteiger partial charge is 0.252 e. The fourth-order valence-electron chi connectivity index (χ4n) is 2.42. The minimum Gasteiger partial charge on any atom is -0.354 e. The van der Waals surface area contributed by atoms with Gasteiger partial charge in [-0.1, -0.05) is 12.1 Å². The van der Waals surface area contributed by atoms with Gasteiger partial charge in [0.25, 0.3) is 5.91 Å². The molecule has 1 aliphatic heterocycles. The minimum absolute atomic E-state index is 0.00729. The highest BCUT2D eigenvalue weighted by atomic mass is 16.2. The molecule has 1 saturated heterocycles. The number of pyridine rings is 1. The molecule has 2 heterocycles. The predicted molar refractivity (Wildman–Crippen MR) is 75.2 cm³/mol. The fraction of sp³-hybridized carbons (Fsp3) is 0.267. The molecular formula is C15H15N3O2. The number of hydrogen-bond acceptors (Lipinski definition) is 3. The van der Waals surface area contributed by atoms with E-state index in [1.54, 1.807) is 12.3 Å². The van der Waals surface area contributed by atoms with Crippen molar-refractivity contribution in [1.82, 2.24) is 15.6 Å². The van der Waals surface area contributed by atoms with Gasteiger partial charge >= 0.3 is 0 Å². The highest BCUT2D eigenvalue weighted by molar-refractivity contribution is 6.06. The Hall–Kier alpha value is -2.43. The Bertz CT molecular complexity index is 654. The summed E-state index contributed by atoms with van der Waals surface area (Å²) in [7, 11) is 0. The van der Waals surface area contributed by atoms with E-state index in [0.717, 1.165) is 10.9 Å². The van der Waals surface area contributed by atoms with Gasteiger partial charge in [0.2, 0.25) is 5.91 Å². The van der Waals surface area contributed by atoms with Gasteiger partial charge in [-0.2, -0.15) is 0 Å². The zero-order valence-corrected chi connectivity index (χ0v) is 10.9. The van der Waals surface area contributed by atoms with Gasteiger partial charge in [-0.3, -0.25) is 14.6 Å². The molecule has 102 valence electrons. The molecule has 0 bridgehead atoms. The van der Waals surface area contributed by atoms with E-state index in [2.05, 4.69) is 15.6 Å². The molecule has 2 aromatic rings. The second kappa shape index (κ2) is 5.28. The monoisotopic (exact) mass is 269 g/mol. The molecule has 1 unspecified atom stereocenters. The fourth-order valence-corrected chi connectivity index (χ4v) is 2.42. The third-order valence-electron chi connectivity index (χ3n) is 3.49. The van der Waals surface area contributed by atoms with Crippen molar-refractivity contribution in [3.8, 4) is 0 Å².